The minimum Gasteiger partial charge on any atom is -0.480 e. The second-order valence-corrected chi connectivity index (χ2v) is 3.14. The first-order valence-electron chi connectivity index (χ1n) is 4.55. The third kappa shape index (κ3) is 5.11. The zero-order valence-corrected chi connectivity index (χ0v) is 8.97. The van der Waals surface area contributed by atoms with Gasteiger partial charge in [-0.3, -0.25) is 19.8 Å². The van der Waals surface area contributed by atoms with Gasteiger partial charge < -0.3 is 10.8 Å². The standard InChI is InChI=1S/C9H15N3O4/c1-3-4-12(5-7(13)14)6(2)8(15)11-9(10)16/h3,6H,1,4-5H2,2H3,(H,13,14)(H3,10,11,15,16). The molecule has 0 aromatic heterocycles. The van der Waals surface area contributed by atoms with Crippen LogP contribution in [0.1, 0.15) is 6.92 Å². The number of nitrogens with one attached hydrogen (secondary N) is 1. The summed E-state index contributed by atoms with van der Waals surface area (Å²) in [6.07, 6.45) is 1.47. The zero-order chi connectivity index (χ0) is 12.7. The quantitative estimate of drug-likeness (QED) is 0.513. The molecule has 0 aromatic carbocycles. The number of amides is 3. The van der Waals surface area contributed by atoms with Crippen LogP contribution in [-0.4, -0.2) is 47.0 Å². The van der Waals surface area contributed by atoms with Crippen molar-refractivity contribution in [2.24, 2.45) is 5.73 Å². The van der Waals surface area contributed by atoms with Crippen LogP contribution in [0.2, 0.25) is 0 Å². The van der Waals surface area contributed by atoms with Gasteiger partial charge in [0.05, 0.1) is 12.6 Å². The van der Waals surface area contributed by atoms with Gasteiger partial charge in [-0.05, 0) is 6.92 Å². The highest BCUT2D eigenvalue weighted by Crippen LogP contribution is 1.99. The maximum atomic E-state index is 11.4. The molecule has 0 aliphatic heterocycles. The van der Waals surface area contributed by atoms with Crippen LogP contribution in [0.25, 0.3) is 0 Å². The molecular formula is C9H15N3O4. The summed E-state index contributed by atoms with van der Waals surface area (Å²) in [6, 6.07) is -1.74. The predicted molar refractivity (Wildman–Crippen MR) is 56.6 cm³/mol. The summed E-state index contributed by atoms with van der Waals surface area (Å²) in [5, 5.41) is 10.5. The molecule has 0 spiro atoms. The molecule has 0 saturated carbocycles. The molecule has 0 aliphatic carbocycles. The number of nitrogens with zero attached hydrogens (tertiary/aromatic N) is 1. The lowest BCUT2D eigenvalue weighted by Crippen LogP contribution is -2.49. The lowest BCUT2D eigenvalue weighted by molar-refractivity contribution is -0.139. The number of nitrogens with two attached hydrogens (primary N) is 1. The summed E-state index contributed by atoms with van der Waals surface area (Å²) in [7, 11) is 0. The monoisotopic (exact) mass is 229 g/mol. The molecule has 4 N–H and O–H groups in total. The lowest BCUT2D eigenvalue weighted by Gasteiger charge is -2.24. The van der Waals surface area contributed by atoms with Crippen molar-refractivity contribution in [1.82, 2.24) is 10.2 Å². The highest BCUT2D eigenvalue weighted by Gasteiger charge is 2.22. The van der Waals surface area contributed by atoms with Crippen LogP contribution < -0.4 is 11.1 Å². The Bertz CT molecular complexity index is 303. The minimum atomic E-state index is -1.07. The molecule has 0 rings (SSSR count). The highest BCUT2D eigenvalue weighted by atomic mass is 16.4. The van der Waals surface area contributed by atoms with Gasteiger partial charge in [0.15, 0.2) is 0 Å². The molecule has 0 fully saturated rings. The van der Waals surface area contributed by atoms with Crippen LogP contribution in [0.3, 0.4) is 0 Å². The minimum absolute atomic E-state index is 0.222. The molecule has 0 aromatic rings. The number of carboxylic acid groups (broad SMARTS) is 1. The van der Waals surface area contributed by atoms with Crippen LogP contribution in [0.5, 0.6) is 0 Å². The van der Waals surface area contributed by atoms with Crippen LogP contribution >= 0.6 is 0 Å². The summed E-state index contributed by atoms with van der Waals surface area (Å²) in [5.74, 6) is -1.71. The first kappa shape index (κ1) is 14.1. The number of rotatable bonds is 6. The molecule has 16 heavy (non-hydrogen) atoms. The Kier molecular flexibility index (Phi) is 5.79. The number of hydrogen-bond donors (Lipinski definition) is 3. The molecule has 0 aliphatic rings. The van der Waals surface area contributed by atoms with Gasteiger partial charge in [-0.2, -0.15) is 0 Å². The molecule has 90 valence electrons. The largest absolute Gasteiger partial charge is 0.480 e. The van der Waals surface area contributed by atoms with E-state index in [-0.39, 0.29) is 13.1 Å². The fourth-order valence-corrected chi connectivity index (χ4v) is 1.09. The summed E-state index contributed by atoms with van der Waals surface area (Å²) >= 11 is 0. The van der Waals surface area contributed by atoms with Crippen LogP contribution in [0.15, 0.2) is 12.7 Å². The van der Waals surface area contributed by atoms with E-state index >= 15 is 0 Å². The highest BCUT2D eigenvalue weighted by molar-refractivity contribution is 5.96. The van der Waals surface area contributed by atoms with Crippen molar-refractivity contribution >= 4 is 17.9 Å². The normalized spacial score (nSPS) is 11.9. The summed E-state index contributed by atoms with van der Waals surface area (Å²) in [6.45, 7) is 4.83. The Morgan fingerprint density at radius 1 is 1.56 bits per heavy atom. The van der Waals surface area contributed by atoms with Crippen molar-refractivity contribution in [3.8, 4) is 0 Å². The molecule has 1 atom stereocenters. The summed E-state index contributed by atoms with van der Waals surface area (Å²) < 4.78 is 0. The van der Waals surface area contributed by atoms with Crippen LogP contribution in [0, 0.1) is 0 Å². The third-order valence-corrected chi connectivity index (χ3v) is 1.88. The van der Waals surface area contributed by atoms with Gasteiger partial charge in [-0.25, -0.2) is 4.79 Å². The molecule has 7 heteroatoms. The van der Waals surface area contributed by atoms with E-state index in [1.807, 2.05) is 5.32 Å². The molecular weight excluding hydrogens is 214 g/mol. The fourth-order valence-electron chi connectivity index (χ4n) is 1.09. The number of carbonyl (C=O) groups is 3. The lowest BCUT2D eigenvalue weighted by atomic mass is 10.2. The van der Waals surface area contributed by atoms with Crippen LogP contribution in [0.4, 0.5) is 4.79 Å². The zero-order valence-electron chi connectivity index (χ0n) is 8.97. The van der Waals surface area contributed by atoms with Gasteiger partial charge in [0, 0.05) is 6.54 Å². The first-order valence-corrected chi connectivity index (χ1v) is 4.55. The molecule has 0 heterocycles. The van der Waals surface area contributed by atoms with Crippen LogP contribution in [-0.2, 0) is 9.59 Å². The maximum Gasteiger partial charge on any atom is 0.318 e. The third-order valence-electron chi connectivity index (χ3n) is 1.88. The Morgan fingerprint density at radius 2 is 2.12 bits per heavy atom. The van der Waals surface area contributed by atoms with E-state index in [0.717, 1.165) is 0 Å². The van der Waals surface area contributed by atoms with Gasteiger partial charge in [-0.1, -0.05) is 6.08 Å². The average Bonchev–Trinajstić information content (AvgIpc) is 2.14. The Morgan fingerprint density at radius 3 is 2.50 bits per heavy atom. The van der Waals surface area contributed by atoms with E-state index in [1.54, 1.807) is 0 Å². The Labute approximate surface area is 92.9 Å². The van der Waals surface area contributed by atoms with Crippen molar-refractivity contribution in [1.29, 1.82) is 0 Å². The van der Waals surface area contributed by atoms with E-state index < -0.39 is 23.9 Å². The molecule has 0 saturated heterocycles. The molecule has 1 unspecified atom stereocenters. The van der Waals surface area contributed by atoms with Crippen molar-refractivity contribution in [3.63, 3.8) is 0 Å². The predicted octanol–water partition coefficient (Wildman–Crippen LogP) is -0.858. The van der Waals surface area contributed by atoms with Crippen molar-refractivity contribution in [3.05, 3.63) is 12.7 Å². The number of primary amides is 1. The summed E-state index contributed by atoms with van der Waals surface area (Å²) in [4.78, 5) is 33.7. The molecule has 7 nitrogen and oxygen atoms in total. The topological polar surface area (TPSA) is 113 Å². The van der Waals surface area contributed by atoms with Gasteiger partial charge in [0.2, 0.25) is 5.91 Å². The van der Waals surface area contributed by atoms with Gasteiger partial charge in [-0.15, -0.1) is 6.58 Å². The Hall–Kier alpha value is -1.89. The van der Waals surface area contributed by atoms with E-state index in [1.165, 1.54) is 17.9 Å². The first-order chi connectivity index (χ1) is 7.38. The summed E-state index contributed by atoms with van der Waals surface area (Å²) in [5.41, 5.74) is 4.78. The molecule has 0 bridgehead atoms. The number of carbonyl (C=O) groups excluding carboxylic acids is 2. The fraction of sp³-hybridized carbons (Fsp3) is 0.444. The van der Waals surface area contributed by atoms with Crippen molar-refractivity contribution in [2.75, 3.05) is 13.1 Å². The molecule has 0 radical (unpaired) electrons. The van der Waals surface area contributed by atoms with E-state index in [9.17, 15) is 14.4 Å². The van der Waals surface area contributed by atoms with Crippen molar-refractivity contribution < 1.29 is 19.5 Å². The van der Waals surface area contributed by atoms with E-state index in [0.29, 0.717) is 0 Å². The van der Waals surface area contributed by atoms with Crippen molar-refractivity contribution in [2.45, 2.75) is 13.0 Å². The second-order valence-electron chi connectivity index (χ2n) is 3.14. The number of urea groups is 1. The van der Waals surface area contributed by atoms with Gasteiger partial charge in [0.1, 0.15) is 0 Å². The molecule has 3 amide bonds. The SMILES string of the molecule is C=CCN(CC(=O)O)C(C)C(=O)NC(N)=O. The second kappa shape index (κ2) is 6.57. The number of imide groups is 1. The number of aliphatic carboxylic acids is 1. The number of hydrogen-bond acceptors (Lipinski definition) is 4. The number of carboxylic acids is 1. The van der Waals surface area contributed by atoms with Gasteiger partial charge in [0.25, 0.3) is 0 Å². The smallest absolute Gasteiger partial charge is 0.318 e. The van der Waals surface area contributed by atoms with E-state index in [4.69, 9.17) is 10.8 Å². The maximum absolute atomic E-state index is 11.4. The Balaban J connectivity index is 4.51. The van der Waals surface area contributed by atoms with Gasteiger partial charge >= 0.3 is 12.0 Å². The van der Waals surface area contributed by atoms with E-state index in [2.05, 4.69) is 6.58 Å². The average molecular weight is 229 g/mol.